The van der Waals surface area contributed by atoms with Crippen LogP contribution >= 0.6 is 22.9 Å². The highest BCUT2D eigenvalue weighted by Crippen LogP contribution is 2.40. The maximum Gasteiger partial charge on any atom is 0.433 e. The molecule has 17 heteroatoms. The van der Waals surface area contributed by atoms with Crippen molar-refractivity contribution in [2.45, 2.75) is 37.5 Å². The molecule has 11 nitrogen and oxygen atoms in total. The monoisotopic (exact) mass is 645 g/mol. The fourth-order valence-electron chi connectivity index (χ4n) is 4.52. The number of thiazole rings is 1. The number of carbonyl (C=O) groups is 1. The third-order valence-corrected chi connectivity index (χ3v) is 8.33. The van der Waals surface area contributed by atoms with Gasteiger partial charge in [0.2, 0.25) is 0 Å². The van der Waals surface area contributed by atoms with E-state index in [1.54, 1.807) is 17.0 Å². The summed E-state index contributed by atoms with van der Waals surface area (Å²) in [4.78, 5) is 31.4. The number of halogens is 4. The van der Waals surface area contributed by atoms with E-state index >= 15 is 0 Å². The first-order chi connectivity index (χ1) is 19.9. The average molecular weight is 646 g/mol. The number of amides is 1. The Labute approximate surface area is 247 Å². The summed E-state index contributed by atoms with van der Waals surface area (Å²) in [5.41, 5.74) is 0.431. The smallest absolute Gasteiger partial charge is 0.433 e. The number of nitrogens with zero attached hydrogens (tertiary/aromatic N) is 5. The molecule has 0 radical (unpaired) electrons. The van der Waals surface area contributed by atoms with Gasteiger partial charge in [0.05, 0.1) is 27.5 Å². The molecule has 1 unspecified atom stereocenters. The van der Waals surface area contributed by atoms with Crippen molar-refractivity contribution < 1.29 is 40.1 Å². The number of likely N-dealkylation sites (tertiary alicyclic amines) is 1. The number of piperidine rings is 1. The summed E-state index contributed by atoms with van der Waals surface area (Å²) < 4.78 is 72.1. The van der Waals surface area contributed by atoms with Crippen LogP contribution in [0, 0.1) is 0 Å². The number of aromatic nitrogens is 3. The second-order valence-electron chi connectivity index (χ2n) is 9.51. The maximum absolute atomic E-state index is 12.8. The molecule has 2 aliphatic rings. The van der Waals surface area contributed by atoms with Crippen molar-refractivity contribution in [2.24, 2.45) is 5.16 Å². The Morgan fingerprint density at radius 2 is 1.98 bits per heavy atom. The van der Waals surface area contributed by atoms with E-state index in [0.717, 1.165) is 23.5 Å². The third kappa shape index (κ3) is 7.10. The van der Waals surface area contributed by atoms with E-state index in [0.29, 0.717) is 49.3 Å². The Bertz CT molecular complexity index is 1610. The largest absolute Gasteiger partial charge is 0.453 e. The first-order valence-electron chi connectivity index (χ1n) is 12.5. The highest BCUT2D eigenvalue weighted by Gasteiger charge is 2.34. The van der Waals surface area contributed by atoms with Gasteiger partial charge in [0.1, 0.15) is 5.71 Å². The molecule has 224 valence electrons. The second kappa shape index (κ2) is 12.0. The average Bonchev–Trinajstić information content (AvgIpc) is 3.61. The molecule has 1 saturated heterocycles. The molecule has 1 atom stereocenters. The van der Waals surface area contributed by atoms with Gasteiger partial charge in [-0.25, -0.2) is 9.97 Å². The number of hydrogen-bond acceptors (Lipinski definition) is 11. The summed E-state index contributed by atoms with van der Waals surface area (Å²) in [6.07, 6.45) is -1.87. The normalized spacial score (nSPS) is 18.0. The van der Waals surface area contributed by atoms with E-state index in [9.17, 15) is 26.4 Å². The molecule has 1 aromatic carbocycles. The van der Waals surface area contributed by atoms with Crippen LogP contribution < -0.4 is 8.92 Å². The van der Waals surface area contributed by atoms with Crippen LogP contribution in [0.2, 0.25) is 5.02 Å². The van der Waals surface area contributed by atoms with Crippen molar-refractivity contribution in [1.82, 2.24) is 19.9 Å². The minimum Gasteiger partial charge on any atom is -0.453 e. The van der Waals surface area contributed by atoms with E-state index in [2.05, 4.69) is 15.1 Å². The summed E-state index contributed by atoms with van der Waals surface area (Å²) in [5, 5.41) is 7.17. The summed E-state index contributed by atoms with van der Waals surface area (Å²) in [7, 11) is -3.79. The maximum atomic E-state index is 12.8. The third-order valence-electron chi connectivity index (χ3n) is 6.51. The van der Waals surface area contributed by atoms with Crippen molar-refractivity contribution in [3.63, 3.8) is 0 Å². The van der Waals surface area contributed by atoms with Crippen molar-refractivity contribution in [3.8, 4) is 11.8 Å². The molecule has 0 saturated carbocycles. The predicted molar refractivity (Wildman–Crippen MR) is 145 cm³/mol. The lowest BCUT2D eigenvalue weighted by Gasteiger charge is -2.31. The van der Waals surface area contributed by atoms with Crippen LogP contribution in [0.25, 0.3) is 0 Å². The molecule has 2 aromatic heterocycles. The number of hydrogen-bond donors (Lipinski definition) is 0. The van der Waals surface area contributed by atoms with E-state index < -0.39 is 40.7 Å². The van der Waals surface area contributed by atoms with Gasteiger partial charge in [0.15, 0.2) is 24.2 Å². The molecule has 0 spiro atoms. The van der Waals surface area contributed by atoms with Crippen molar-refractivity contribution >= 4 is 44.7 Å². The van der Waals surface area contributed by atoms with Crippen LogP contribution in [-0.4, -0.2) is 65.8 Å². The Morgan fingerprint density at radius 3 is 2.69 bits per heavy atom. The molecule has 0 bridgehead atoms. The Balaban J connectivity index is 1.15. The van der Waals surface area contributed by atoms with Crippen molar-refractivity contribution in [2.75, 3.05) is 26.0 Å². The number of rotatable bonds is 8. The molecular weight excluding hydrogens is 623 g/mol. The van der Waals surface area contributed by atoms with Crippen LogP contribution in [0.1, 0.15) is 53.2 Å². The summed E-state index contributed by atoms with van der Waals surface area (Å²) >= 11 is 7.80. The lowest BCUT2D eigenvalue weighted by atomic mass is 9.97. The molecule has 0 N–H and O–H groups in total. The number of oxime groups is 1. The molecule has 2 aliphatic heterocycles. The SMILES string of the molecule is CS(=O)(=O)Oc1cccc(Cl)c1C1CC(c2csc(C3CCN(C(=O)COc4nccc(C(F)(F)F)n4)CC3)n2)=NO1. The molecule has 3 aromatic rings. The molecule has 1 amide bonds. The van der Waals surface area contributed by atoms with Crippen molar-refractivity contribution in [3.05, 3.63) is 62.8 Å². The van der Waals surface area contributed by atoms with Gasteiger partial charge in [-0.3, -0.25) is 4.79 Å². The highest BCUT2D eigenvalue weighted by atomic mass is 35.5. The Hall–Kier alpha value is -3.50. The summed E-state index contributed by atoms with van der Waals surface area (Å²) in [5.74, 6) is -0.214. The van der Waals surface area contributed by atoms with E-state index in [1.165, 1.54) is 17.4 Å². The Morgan fingerprint density at radius 1 is 1.21 bits per heavy atom. The zero-order valence-electron chi connectivity index (χ0n) is 21.9. The Kier molecular flexibility index (Phi) is 8.57. The molecular formula is C25H23ClF3N5O6S2. The fraction of sp³-hybridized carbons (Fsp3) is 0.400. The van der Waals surface area contributed by atoms with Crippen LogP contribution in [0.5, 0.6) is 11.8 Å². The van der Waals surface area contributed by atoms with E-state index in [4.69, 9.17) is 30.3 Å². The van der Waals surface area contributed by atoms with E-state index in [-0.39, 0.29) is 22.6 Å². The van der Waals surface area contributed by atoms with Crippen LogP contribution in [0.4, 0.5) is 13.2 Å². The van der Waals surface area contributed by atoms with Crippen LogP contribution in [0.15, 0.2) is 41.0 Å². The minimum atomic E-state index is -4.64. The van der Waals surface area contributed by atoms with Crippen LogP contribution in [0.3, 0.4) is 0 Å². The summed E-state index contributed by atoms with van der Waals surface area (Å²) in [6, 6.07) is 4.88. The molecule has 5 rings (SSSR count). The van der Waals surface area contributed by atoms with E-state index in [1.807, 2.05) is 5.38 Å². The molecule has 1 fully saturated rings. The number of alkyl halides is 3. The lowest BCUT2D eigenvalue weighted by Crippen LogP contribution is -2.40. The fourth-order valence-corrected chi connectivity index (χ4v) is 6.28. The zero-order chi connectivity index (χ0) is 30.1. The van der Waals surface area contributed by atoms with Gasteiger partial charge in [-0.2, -0.15) is 26.6 Å². The zero-order valence-corrected chi connectivity index (χ0v) is 24.3. The number of ether oxygens (including phenoxy) is 1. The lowest BCUT2D eigenvalue weighted by molar-refractivity contribution is -0.141. The van der Waals surface area contributed by atoms with Gasteiger partial charge >= 0.3 is 22.3 Å². The highest BCUT2D eigenvalue weighted by molar-refractivity contribution is 7.86. The van der Waals surface area contributed by atoms with Gasteiger partial charge in [0.25, 0.3) is 5.91 Å². The predicted octanol–water partition coefficient (Wildman–Crippen LogP) is 4.59. The van der Waals surface area contributed by atoms with Gasteiger partial charge in [-0.15, -0.1) is 11.3 Å². The first kappa shape index (κ1) is 30.0. The van der Waals surface area contributed by atoms with Crippen LogP contribution in [-0.2, 0) is 25.9 Å². The summed E-state index contributed by atoms with van der Waals surface area (Å²) in [6.45, 7) is 0.372. The molecule has 42 heavy (non-hydrogen) atoms. The standard InChI is InChI=1S/C25H23ClF3N5O6S2/c1-42(36,37)40-18-4-2-3-15(26)22(18)19-11-16(33-39-19)17-13-41-23(31-17)14-6-9-34(10-7-14)21(35)12-38-24-30-8-5-20(32-24)25(27,28)29/h2-5,8,13-14,19H,6-7,9-12H2,1H3. The number of benzene rings is 1. The number of carbonyl (C=O) groups excluding carboxylic acids is 1. The first-order valence-corrected chi connectivity index (χ1v) is 15.6. The second-order valence-corrected chi connectivity index (χ2v) is 12.4. The molecule has 4 heterocycles. The van der Waals surface area contributed by atoms with Crippen molar-refractivity contribution in [1.29, 1.82) is 0 Å². The van der Waals surface area contributed by atoms with Gasteiger partial charge in [-0.05, 0) is 31.0 Å². The van der Waals surface area contributed by atoms with Gasteiger partial charge in [0, 0.05) is 37.0 Å². The molecule has 0 aliphatic carbocycles. The topological polar surface area (TPSA) is 133 Å². The van der Waals surface area contributed by atoms with Gasteiger partial charge in [-0.1, -0.05) is 22.8 Å². The van der Waals surface area contributed by atoms with Gasteiger partial charge < -0.3 is 18.7 Å². The quantitative estimate of drug-likeness (QED) is 0.323. The minimum absolute atomic E-state index is 0.0690.